The average molecular weight is 407 g/mol. The number of carbonyl (C=O) groups is 2. The third-order valence-corrected chi connectivity index (χ3v) is 6.32. The molecule has 4 N–H and O–H groups in total. The minimum absolute atomic E-state index is 0.00372. The Hall–Kier alpha value is -2.49. The normalized spacial score (nSPS) is 22.0. The number of rotatable bonds is 5. The minimum Gasteiger partial charge on any atom is -0.469 e. The first kappa shape index (κ1) is 20.2. The van der Waals surface area contributed by atoms with Crippen LogP contribution in [0.25, 0.3) is 11.4 Å². The first-order chi connectivity index (χ1) is 13.4. The molecule has 0 radical (unpaired) electrons. The molecular formula is C18H26N6O3S. The fourth-order valence-electron chi connectivity index (χ4n) is 3.46. The lowest BCUT2D eigenvalue weighted by Gasteiger charge is -2.34. The molecule has 10 heteroatoms. The van der Waals surface area contributed by atoms with E-state index in [9.17, 15) is 9.59 Å². The highest BCUT2D eigenvalue weighted by Gasteiger charge is 2.28. The van der Waals surface area contributed by atoms with Crippen LogP contribution < -0.4 is 16.5 Å². The van der Waals surface area contributed by atoms with Gasteiger partial charge in [0, 0.05) is 6.04 Å². The molecule has 2 aromatic heterocycles. The van der Waals surface area contributed by atoms with Crippen LogP contribution >= 0.6 is 11.8 Å². The van der Waals surface area contributed by atoms with Gasteiger partial charge >= 0.3 is 6.03 Å². The lowest BCUT2D eigenvalue weighted by atomic mass is 9.78. The van der Waals surface area contributed by atoms with Crippen LogP contribution in [-0.4, -0.2) is 38.6 Å². The zero-order valence-electron chi connectivity index (χ0n) is 16.3. The molecule has 3 amide bonds. The Morgan fingerprint density at radius 2 is 2.14 bits per heavy atom. The summed E-state index contributed by atoms with van der Waals surface area (Å²) < 4.78 is 6.56. The fraction of sp³-hybridized carbons (Fsp3) is 0.556. The van der Waals surface area contributed by atoms with Gasteiger partial charge in [-0.3, -0.25) is 10.1 Å². The molecule has 1 fully saturated rings. The van der Waals surface area contributed by atoms with Crippen LogP contribution in [0.2, 0.25) is 0 Å². The molecule has 0 aromatic carbocycles. The van der Waals surface area contributed by atoms with Crippen LogP contribution in [0, 0.1) is 18.8 Å². The molecular weight excluding hydrogens is 380 g/mol. The van der Waals surface area contributed by atoms with E-state index in [-0.39, 0.29) is 11.8 Å². The van der Waals surface area contributed by atoms with E-state index in [2.05, 4.69) is 34.7 Å². The van der Waals surface area contributed by atoms with Gasteiger partial charge in [0.1, 0.15) is 5.76 Å². The van der Waals surface area contributed by atoms with Crippen LogP contribution in [0.4, 0.5) is 4.79 Å². The zero-order valence-corrected chi connectivity index (χ0v) is 17.1. The first-order valence-electron chi connectivity index (χ1n) is 9.35. The Bertz CT molecular complexity index is 848. The number of nitrogens with one attached hydrogen (secondary N) is 2. The Labute approximate surface area is 167 Å². The second-order valence-corrected chi connectivity index (χ2v) is 8.19. The molecule has 1 saturated carbocycles. The third kappa shape index (κ3) is 4.49. The topological polar surface area (TPSA) is 128 Å². The van der Waals surface area contributed by atoms with Gasteiger partial charge in [-0.05, 0) is 31.2 Å². The van der Waals surface area contributed by atoms with Crippen molar-refractivity contribution in [1.29, 1.82) is 0 Å². The summed E-state index contributed by atoms with van der Waals surface area (Å²) in [6, 6.07) is 1.39. The van der Waals surface area contributed by atoms with Crippen molar-refractivity contribution in [2.45, 2.75) is 51.2 Å². The van der Waals surface area contributed by atoms with E-state index >= 15 is 0 Å². The molecule has 0 aliphatic heterocycles. The maximum Gasteiger partial charge on any atom is 0.321 e. The second-order valence-electron chi connectivity index (χ2n) is 7.25. The lowest BCUT2D eigenvalue weighted by molar-refractivity contribution is -0.117. The molecule has 1 aliphatic rings. The molecule has 3 rings (SSSR count). The molecule has 0 unspecified atom stereocenters. The lowest BCUT2D eigenvalue weighted by Crippen LogP contribution is -2.49. The van der Waals surface area contributed by atoms with Gasteiger partial charge in [-0.15, -0.1) is 10.2 Å². The number of carbonyl (C=O) groups excluding carboxylic acids is 2. The fourth-order valence-corrected chi connectivity index (χ4v) is 4.12. The van der Waals surface area contributed by atoms with Crippen molar-refractivity contribution in [3.8, 4) is 11.4 Å². The molecule has 2 aromatic rings. The number of imide groups is 1. The van der Waals surface area contributed by atoms with Crippen LogP contribution in [0.15, 0.2) is 21.9 Å². The molecule has 2 heterocycles. The predicted octanol–water partition coefficient (Wildman–Crippen LogP) is 2.30. The predicted molar refractivity (Wildman–Crippen MR) is 106 cm³/mol. The van der Waals surface area contributed by atoms with E-state index in [0.29, 0.717) is 28.6 Å². The number of hydrogen-bond donors (Lipinski definition) is 3. The Morgan fingerprint density at radius 3 is 2.86 bits per heavy atom. The molecule has 9 nitrogen and oxygen atoms in total. The van der Waals surface area contributed by atoms with E-state index in [1.807, 2.05) is 0 Å². The highest BCUT2D eigenvalue weighted by molar-refractivity contribution is 7.99. The third-order valence-electron chi connectivity index (χ3n) is 5.37. The van der Waals surface area contributed by atoms with Gasteiger partial charge in [0.05, 0.1) is 17.6 Å². The van der Waals surface area contributed by atoms with E-state index in [1.54, 1.807) is 19.3 Å². The van der Waals surface area contributed by atoms with Crippen LogP contribution in [0.5, 0.6) is 0 Å². The highest BCUT2D eigenvalue weighted by atomic mass is 32.2. The SMILES string of the molecule is Cc1occc1-c1nnc(SCC(=O)NC(=O)N[C@@H]2CCC[C@@H](C)[C@@H]2C)n1N. The van der Waals surface area contributed by atoms with Crippen LogP contribution in [0.1, 0.15) is 38.9 Å². The molecule has 1 aliphatic carbocycles. The highest BCUT2D eigenvalue weighted by Crippen LogP contribution is 2.29. The molecule has 28 heavy (non-hydrogen) atoms. The summed E-state index contributed by atoms with van der Waals surface area (Å²) in [6.07, 6.45) is 4.75. The number of urea groups is 1. The number of nitrogens with two attached hydrogens (primary N) is 1. The Morgan fingerprint density at radius 1 is 1.36 bits per heavy atom. The minimum atomic E-state index is -0.458. The average Bonchev–Trinajstić information content (AvgIpc) is 3.22. The number of hydrogen-bond acceptors (Lipinski definition) is 7. The van der Waals surface area contributed by atoms with Crippen molar-refractivity contribution in [2.24, 2.45) is 11.8 Å². The van der Waals surface area contributed by atoms with Crippen molar-refractivity contribution in [1.82, 2.24) is 25.5 Å². The zero-order chi connectivity index (χ0) is 20.3. The summed E-state index contributed by atoms with van der Waals surface area (Å²) in [5.74, 6) is 7.70. The van der Waals surface area contributed by atoms with Crippen molar-refractivity contribution >= 4 is 23.7 Å². The maximum absolute atomic E-state index is 12.1. The summed E-state index contributed by atoms with van der Waals surface area (Å²) in [5.41, 5.74) is 0.738. The number of thioether (sulfide) groups is 1. The second kappa shape index (κ2) is 8.68. The summed E-state index contributed by atoms with van der Waals surface area (Å²) in [4.78, 5) is 24.2. The molecule has 0 bridgehead atoms. The summed E-state index contributed by atoms with van der Waals surface area (Å²) >= 11 is 1.11. The number of furan rings is 1. The summed E-state index contributed by atoms with van der Waals surface area (Å²) in [5, 5.41) is 13.7. The van der Waals surface area contributed by atoms with Gasteiger partial charge in [-0.2, -0.15) is 0 Å². The van der Waals surface area contributed by atoms with Gasteiger partial charge in [0.2, 0.25) is 11.1 Å². The number of amides is 3. The summed E-state index contributed by atoms with van der Waals surface area (Å²) in [7, 11) is 0. The van der Waals surface area contributed by atoms with Gasteiger partial charge in [0.25, 0.3) is 0 Å². The van der Waals surface area contributed by atoms with Gasteiger partial charge < -0.3 is 15.6 Å². The van der Waals surface area contributed by atoms with Crippen molar-refractivity contribution in [3.63, 3.8) is 0 Å². The van der Waals surface area contributed by atoms with E-state index in [1.165, 1.54) is 11.1 Å². The Kier molecular flexibility index (Phi) is 6.28. The van der Waals surface area contributed by atoms with Crippen LogP contribution in [-0.2, 0) is 4.79 Å². The number of nitrogens with zero attached hydrogens (tertiary/aromatic N) is 3. The number of aromatic nitrogens is 3. The molecule has 152 valence electrons. The number of nitrogen functional groups attached to an aromatic ring is 1. The van der Waals surface area contributed by atoms with Gasteiger partial charge in [0.15, 0.2) is 5.82 Å². The summed E-state index contributed by atoms with van der Waals surface area (Å²) in [6.45, 7) is 6.14. The Balaban J connectivity index is 1.50. The van der Waals surface area contributed by atoms with E-state index < -0.39 is 11.9 Å². The number of aryl methyl sites for hydroxylation is 1. The van der Waals surface area contributed by atoms with Gasteiger partial charge in [-0.1, -0.05) is 38.5 Å². The smallest absolute Gasteiger partial charge is 0.321 e. The van der Waals surface area contributed by atoms with E-state index in [0.717, 1.165) is 30.2 Å². The quantitative estimate of drug-likeness (QED) is 0.513. The molecule has 0 spiro atoms. The standard InChI is InChI=1S/C18H26N6O3S/c1-10-5-4-6-14(11(10)2)20-17(26)21-15(25)9-28-18-23-22-16(24(18)19)13-7-8-27-12(13)3/h7-8,10-11,14H,4-6,9,19H2,1-3H3,(H2,20,21,25,26)/t10-,11+,14-/m1/s1. The first-order valence-corrected chi connectivity index (χ1v) is 10.3. The van der Waals surface area contributed by atoms with Crippen molar-refractivity contribution in [3.05, 3.63) is 18.1 Å². The van der Waals surface area contributed by atoms with Crippen LogP contribution in [0.3, 0.4) is 0 Å². The molecule has 3 atom stereocenters. The maximum atomic E-state index is 12.1. The van der Waals surface area contributed by atoms with Crippen molar-refractivity contribution < 1.29 is 14.0 Å². The van der Waals surface area contributed by atoms with E-state index in [4.69, 9.17) is 10.3 Å². The van der Waals surface area contributed by atoms with Gasteiger partial charge in [-0.25, -0.2) is 9.47 Å². The van der Waals surface area contributed by atoms with Crippen molar-refractivity contribution in [2.75, 3.05) is 11.6 Å². The molecule has 0 saturated heterocycles. The monoisotopic (exact) mass is 406 g/mol. The largest absolute Gasteiger partial charge is 0.469 e.